The molecule has 0 bridgehead atoms. The van der Waals surface area contributed by atoms with Gasteiger partial charge in [0, 0.05) is 43.3 Å². The fraction of sp³-hybridized carbons (Fsp3) is 0.421. The van der Waals surface area contributed by atoms with Crippen LogP contribution in [-0.2, 0) is 6.54 Å². The number of benzene rings is 1. The fourth-order valence-corrected chi connectivity index (χ4v) is 3.43. The van der Waals surface area contributed by atoms with Crippen molar-refractivity contribution in [1.29, 1.82) is 0 Å². The molecule has 1 unspecified atom stereocenters. The first-order chi connectivity index (χ1) is 11.9. The highest BCUT2D eigenvalue weighted by Crippen LogP contribution is 2.33. The average molecular weight is 325 g/mol. The summed E-state index contributed by atoms with van der Waals surface area (Å²) in [5.41, 5.74) is 2.43. The van der Waals surface area contributed by atoms with E-state index in [1.807, 2.05) is 18.5 Å². The molecular weight excluding hydrogens is 302 g/mol. The van der Waals surface area contributed by atoms with Crippen molar-refractivity contribution in [2.24, 2.45) is 0 Å². The van der Waals surface area contributed by atoms with Crippen molar-refractivity contribution in [1.82, 2.24) is 9.88 Å². The lowest BCUT2D eigenvalue weighted by molar-refractivity contribution is 0.171. The predicted octanol–water partition coefficient (Wildman–Crippen LogP) is 2.93. The first-order valence-electron chi connectivity index (χ1n) is 8.64. The van der Waals surface area contributed by atoms with Crippen LogP contribution in [0.15, 0.2) is 42.7 Å². The van der Waals surface area contributed by atoms with Crippen LogP contribution >= 0.6 is 0 Å². The quantitative estimate of drug-likeness (QED) is 0.936. The molecule has 24 heavy (non-hydrogen) atoms. The molecular formula is C19H23N3O2. The number of piperidine rings is 1. The summed E-state index contributed by atoms with van der Waals surface area (Å²) in [4.78, 5) is 6.60. The number of fused-ring (bicyclic) bond motifs is 1. The third-order valence-electron chi connectivity index (χ3n) is 4.57. The summed E-state index contributed by atoms with van der Waals surface area (Å²) in [7, 11) is 0. The number of ether oxygens (including phenoxy) is 2. The number of likely N-dealkylation sites (tertiary alicyclic amines) is 1. The first kappa shape index (κ1) is 15.3. The molecule has 1 N–H and O–H groups in total. The summed E-state index contributed by atoms with van der Waals surface area (Å²) in [5, 5.41) is 3.66. The van der Waals surface area contributed by atoms with Gasteiger partial charge in [-0.3, -0.25) is 9.88 Å². The number of nitrogens with one attached hydrogen (secondary N) is 1. The molecule has 2 aliphatic rings. The Kier molecular flexibility index (Phi) is 4.51. The fourth-order valence-electron chi connectivity index (χ4n) is 3.43. The van der Waals surface area contributed by atoms with Crippen LogP contribution in [0.4, 0.5) is 5.69 Å². The zero-order chi connectivity index (χ0) is 16.2. The van der Waals surface area contributed by atoms with Crippen molar-refractivity contribution in [3.05, 3.63) is 48.3 Å². The summed E-state index contributed by atoms with van der Waals surface area (Å²) in [6, 6.07) is 10.8. The van der Waals surface area contributed by atoms with Crippen LogP contribution in [0.1, 0.15) is 18.4 Å². The van der Waals surface area contributed by atoms with E-state index in [0.29, 0.717) is 19.3 Å². The van der Waals surface area contributed by atoms with E-state index in [-0.39, 0.29) is 0 Å². The lowest BCUT2D eigenvalue weighted by Crippen LogP contribution is -2.41. The molecule has 0 amide bonds. The molecule has 1 aromatic carbocycles. The van der Waals surface area contributed by atoms with Crippen LogP contribution in [0.5, 0.6) is 11.5 Å². The van der Waals surface area contributed by atoms with Crippen molar-refractivity contribution >= 4 is 5.69 Å². The van der Waals surface area contributed by atoms with Crippen LogP contribution < -0.4 is 14.8 Å². The third-order valence-corrected chi connectivity index (χ3v) is 4.57. The molecule has 5 heteroatoms. The molecule has 2 aliphatic heterocycles. The smallest absolute Gasteiger partial charge is 0.163 e. The van der Waals surface area contributed by atoms with Gasteiger partial charge in [0.1, 0.15) is 13.2 Å². The van der Waals surface area contributed by atoms with E-state index in [0.717, 1.165) is 36.8 Å². The van der Waals surface area contributed by atoms with E-state index in [1.165, 1.54) is 18.4 Å². The maximum absolute atomic E-state index is 5.67. The number of anilines is 1. The maximum Gasteiger partial charge on any atom is 0.163 e. The highest BCUT2D eigenvalue weighted by Gasteiger charge is 2.20. The van der Waals surface area contributed by atoms with Crippen molar-refractivity contribution in [2.45, 2.75) is 25.4 Å². The first-order valence-corrected chi connectivity index (χ1v) is 8.64. The van der Waals surface area contributed by atoms with Gasteiger partial charge in [0.2, 0.25) is 0 Å². The van der Waals surface area contributed by atoms with E-state index in [4.69, 9.17) is 9.47 Å². The topological polar surface area (TPSA) is 46.6 Å². The molecule has 1 fully saturated rings. The second-order valence-corrected chi connectivity index (χ2v) is 6.43. The van der Waals surface area contributed by atoms with Gasteiger partial charge in [0.25, 0.3) is 0 Å². The molecule has 2 aromatic rings. The van der Waals surface area contributed by atoms with Gasteiger partial charge in [-0.1, -0.05) is 0 Å². The summed E-state index contributed by atoms with van der Waals surface area (Å²) in [6.07, 6.45) is 6.14. The van der Waals surface area contributed by atoms with Gasteiger partial charge in [-0.25, -0.2) is 0 Å². The second-order valence-electron chi connectivity index (χ2n) is 6.43. The molecule has 0 aliphatic carbocycles. The molecule has 1 atom stereocenters. The molecule has 0 saturated carbocycles. The average Bonchev–Trinajstić information content (AvgIpc) is 2.63. The molecule has 0 spiro atoms. The lowest BCUT2D eigenvalue weighted by Gasteiger charge is -2.34. The number of rotatable bonds is 4. The van der Waals surface area contributed by atoms with Crippen LogP contribution in [-0.4, -0.2) is 42.2 Å². The molecule has 126 valence electrons. The monoisotopic (exact) mass is 325 g/mol. The molecule has 1 aromatic heterocycles. The number of pyridine rings is 1. The Balaban J connectivity index is 1.38. The molecule has 0 radical (unpaired) electrons. The van der Waals surface area contributed by atoms with E-state index >= 15 is 0 Å². The van der Waals surface area contributed by atoms with Crippen molar-refractivity contribution < 1.29 is 9.47 Å². The molecule has 1 saturated heterocycles. The maximum atomic E-state index is 5.67. The normalized spacial score (nSPS) is 20.6. The Morgan fingerprint density at radius 2 is 1.92 bits per heavy atom. The minimum absolute atomic E-state index is 0.461. The van der Waals surface area contributed by atoms with Crippen LogP contribution in [0.25, 0.3) is 0 Å². The zero-order valence-electron chi connectivity index (χ0n) is 13.8. The van der Waals surface area contributed by atoms with E-state index < -0.39 is 0 Å². The summed E-state index contributed by atoms with van der Waals surface area (Å²) in [5.74, 6) is 1.69. The van der Waals surface area contributed by atoms with Crippen molar-refractivity contribution in [2.75, 3.05) is 31.6 Å². The lowest BCUT2D eigenvalue weighted by atomic mass is 10.0. The Bertz CT molecular complexity index is 678. The van der Waals surface area contributed by atoms with Gasteiger partial charge in [-0.05, 0) is 49.2 Å². The van der Waals surface area contributed by atoms with Crippen molar-refractivity contribution in [3.8, 4) is 11.5 Å². The Hall–Kier alpha value is -2.27. The summed E-state index contributed by atoms with van der Waals surface area (Å²) < 4.78 is 11.3. The SMILES string of the molecule is c1cc(CN2CCCC(Nc3ccc4c(c3)OCCO4)C2)ccn1. The molecule has 3 heterocycles. The van der Waals surface area contributed by atoms with Gasteiger partial charge in [-0.15, -0.1) is 0 Å². The Morgan fingerprint density at radius 3 is 2.79 bits per heavy atom. The highest BCUT2D eigenvalue weighted by molar-refractivity contribution is 5.55. The van der Waals surface area contributed by atoms with E-state index in [9.17, 15) is 0 Å². The number of hydrogen-bond acceptors (Lipinski definition) is 5. The Morgan fingerprint density at radius 1 is 1.08 bits per heavy atom. The predicted molar refractivity (Wildman–Crippen MR) is 93.6 cm³/mol. The standard InChI is InChI=1S/C19H23N3O2/c1-2-17(14-22(9-1)13-15-5-7-20-8-6-15)21-16-3-4-18-19(12-16)24-11-10-23-18/h3-8,12,17,21H,1-2,9-11,13-14H2. The minimum Gasteiger partial charge on any atom is -0.486 e. The van der Waals surface area contributed by atoms with E-state index in [1.54, 1.807) is 0 Å². The van der Waals surface area contributed by atoms with Crippen LogP contribution in [0.2, 0.25) is 0 Å². The van der Waals surface area contributed by atoms with Gasteiger partial charge in [0.05, 0.1) is 0 Å². The third kappa shape index (κ3) is 3.62. The summed E-state index contributed by atoms with van der Waals surface area (Å²) in [6.45, 7) is 4.45. The van der Waals surface area contributed by atoms with E-state index in [2.05, 4.69) is 39.5 Å². The van der Waals surface area contributed by atoms with Gasteiger partial charge >= 0.3 is 0 Å². The molecule has 4 rings (SSSR count). The highest BCUT2D eigenvalue weighted by atomic mass is 16.6. The van der Waals surface area contributed by atoms with Crippen molar-refractivity contribution in [3.63, 3.8) is 0 Å². The number of hydrogen-bond donors (Lipinski definition) is 1. The molecule has 5 nitrogen and oxygen atoms in total. The number of nitrogens with zero attached hydrogens (tertiary/aromatic N) is 2. The van der Waals surface area contributed by atoms with Gasteiger partial charge in [-0.2, -0.15) is 0 Å². The Labute approximate surface area is 142 Å². The van der Waals surface area contributed by atoms with Gasteiger partial charge < -0.3 is 14.8 Å². The van der Waals surface area contributed by atoms with Crippen LogP contribution in [0, 0.1) is 0 Å². The van der Waals surface area contributed by atoms with Crippen LogP contribution in [0.3, 0.4) is 0 Å². The number of aromatic nitrogens is 1. The minimum atomic E-state index is 0.461. The largest absolute Gasteiger partial charge is 0.486 e. The van der Waals surface area contributed by atoms with Gasteiger partial charge in [0.15, 0.2) is 11.5 Å². The second kappa shape index (κ2) is 7.09. The summed E-state index contributed by atoms with van der Waals surface area (Å²) >= 11 is 0. The zero-order valence-corrected chi connectivity index (χ0v) is 13.8.